The number of pyridine rings is 1. The van der Waals surface area contributed by atoms with Crippen LogP contribution in [-0.2, 0) is 0 Å². The number of fused-ring (bicyclic) bond motifs is 1. The van der Waals surface area contributed by atoms with Gasteiger partial charge in [-0.15, -0.1) is 0 Å². The molecule has 0 aliphatic rings. The van der Waals surface area contributed by atoms with E-state index in [0.29, 0.717) is 28.8 Å². The smallest absolute Gasteiger partial charge is 0.139 e. The van der Waals surface area contributed by atoms with Crippen molar-refractivity contribution in [1.29, 1.82) is 0 Å². The first-order valence-corrected chi connectivity index (χ1v) is 6.10. The number of benzene rings is 1. The van der Waals surface area contributed by atoms with Crippen LogP contribution in [0.4, 0.5) is 10.2 Å². The van der Waals surface area contributed by atoms with Crippen LogP contribution in [0.1, 0.15) is 6.42 Å². The van der Waals surface area contributed by atoms with Gasteiger partial charge < -0.3 is 10.4 Å². The molecule has 3 nitrogen and oxygen atoms in total. The third-order valence-electron chi connectivity index (χ3n) is 2.37. The molecule has 1 aromatic heterocycles. The van der Waals surface area contributed by atoms with E-state index >= 15 is 0 Å². The molecule has 0 amide bonds. The molecular formula is C12H12BrFN2O. The summed E-state index contributed by atoms with van der Waals surface area (Å²) in [6, 6.07) is 6.82. The highest BCUT2D eigenvalue weighted by molar-refractivity contribution is 9.10. The third-order valence-corrected chi connectivity index (χ3v) is 2.98. The maximum atomic E-state index is 13.3. The Balaban J connectivity index is 2.27. The number of aromatic nitrogens is 1. The molecule has 2 aromatic rings. The van der Waals surface area contributed by atoms with Crippen LogP contribution in [0.3, 0.4) is 0 Å². The van der Waals surface area contributed by atoms with Crippen LogP contribution in [0.5, 0.6) is 0 Å². The molecule has 2 rings (SSSR count). The fraction of sp³-hybridized carbons (Fsp3) is 0.250. The van der Waals surface area contributed by atoms with Gasteiger partial charge in [0.1, 0.15) is 11.6 Å². The predicted octanol–water partition coefficient (Wildman–Crippen LogP) is 2.93. The number of aliphatic hydroxyl groups is 1. The molecule has 2 N–H and O–H groups in total. The molecule has 0 saturated heterocycles. The van der Waals surface area contributed by atoms with Crippen molar-refractivity contribution >= 4 is 32.7 Å². The van der Waals surface area contributed by atoms with Crippen molar-refractivity contribution in [3.05, 3.63) is 34.6 Å². The van der Waals surface area contributed by atoms with Crippen LogP contribution in [0.2, 0.25) is 0 Å². The Morgan fingerprint density at radius 3 is 2.94 bits per heavy atom. The number of hydrogen-bond donors (Lipinski definition) is 2. The summed E-state index contributed by atoms with van der Waals surface area (Å²) >= 11 is 3.14. The summed E-state index contributed by atoms with van der Waals surface area (Å²) in [6.45, 7) is 0.788. The second kappa shape index (κ2) is 5.42. The molecule has 0 saturated carbocycles. The molecule has 1 heterocycles. The second-order valence-corrected chi connectivity index (χ2v) is 4.51. The number of hydrogen-bond acceptors (Lipinski definition) is 3. The number of halogens is 2. The molecule has 1 aromatic carbocycles. The Labute approximate surface area is 107 Å². The summed E-state index contributed by atoms with van der Waals surface area (Å²) < 4.78 is 13.8. The maximum Gasteiger partial charge on any atom is 0.139 e. The van der Waals surface area contributed by atoms with Gasteiger partial charge in [-0.05, 0) is 40.5 Å². The second-order valence-electron chi connectivity index (χ2n) is 3.66. The Morgan fingerprint density at radius 1 is 1.35 bits per heavy atom. The SMILES string of the molecule is OCCCNc1ccc2cc(Br)c(F)cc2n1. The van der Waals surface area contributed by atoms with Crippen molar-refractivity contribution in [2.75, 3.05) is 18.5 Å². The van der Waals surface area contributed by atoms with Gasteiger partial charge in [0.05, 0.1) is 9.99 Å². The van der Waals surface area contributed by atoms with Gasteiger partial charge in [0.25, 0.3) is 0 Å². The van der Waals surface area contributed by atoms with Crippen LogP contribution >= 0.6 is 15.9 Å². The number of nitrogens with one attached hydrogen (secondary N) is 1. The molecule has 17 heavy (non-hydrogen) atoms. The normalized spacial score (nSPS) is 10.8. The quantitative estimate of drug-likeness (QED) is 0.853. The zero-order valence-corrected chi connectivity index (χ0v) is 10.7. The van der Waals surface area contributed by atoms with Crippen LogP contribution in [-0.4, -0.2) is 23.2 Å². The number of rotatable bonds is 4. The molecule has 5 heteroatoms. The standard InChI is InChI=1S/C12H12BrFN2O/c13-9-6-8-2-3-12(15-4-1-5-17)16-11(8)7-10(9)14/h2-3,6-7,17H,1,4-5H2,(H,15,16). The van der Waals surface area contributed by atoms with Gasteiger partial charge in [-0.1, -0.05) is 0 Å². The first-order valence-electron chi connectivity index (χ1n) is 5.31. The van der Waals surface area contributed by atoms with Crippen LogP contribution in [0.15, 0.2) is 28.7 Å². The van der Waals surface area contributed by atoms with E-state index < -0.39 is 0 Å². The van der Waals surface area contributed by atoms with E-state index in [4.69, 9.17) is 5.11 Å². The van der Waals surface area contributed by atoms with Crippen LogP contribution < -0.4 is 5.32 Å². The van der Waals surface area contributed by atoms with E-state index in [1.807, 2.05) is 12.1 Å². The van der Waals surface area contributed by atoms with Gasteiger partial charge in [-0.3, -0.25) is 0 Å². The Morgan fingerprint density at radius 2 is 2.18 bits per heavy atom. The fourth-order valence-corrected chi connectivity index (χ4v) is 1.87. The number of anilines is 1. The van der Waals surface area contributed by atoms with Crippen molar-refractivity contribution in [2.24, 2.45) is 0 Å². The van der Waals surface area contributed by atoms with Gasteiger partial charge in [0.2, 0.25) is 0 Å². The number of nitrogens with zero attached hydrogens (tertiary/aromatic N) is 1. The molecule has 0 aliphatic heterocycles. The third kappa shape index (κ3) is 2.92. The minimum Gasteiger partial charge on any atom is -0.396 e. The zero-order chi connectivity index (χ0) is 12.3. The lowest BCUT2D eigenvalue weighted by atomic mass is 10.2. The van der Waals surface area contributed by atoms with Crippen LogP contribution in [0, 0.1) is 5.82 Å². The first-order chi connectivity index (χ1) is 8.20. The van der Waals surface area contributed by atoms with Gasteiger partial charge >= 0.3 is 0 Å². The van der Waals surface area contributed by atoms with Crippen molar-refractivity contribution in [2.45, 2.75) is 6.42 Å². The average Bonchev–Trinajstić information content (AvgIpc) is 2.31. The molecule has 0 aliphatic carbocycles. The van der Waals surface area contributed by atoms with Crippen molar-refractivity contribution in [3.63, 3.8) is 0 Å². The highest BCUT2D eigenvalue weighted by Crippen LogP contribution is 2.23. The van der Waals surface area contributed by atoms with Crippen molar-refractivity contribution in [1.82, 2.24) is 4.98 Å². The van der Waals surface area contributed by atoms with Gasteiger partial charge in [0.15, 0.2) is 0 Å². The highest BCUT2D eigenvalue weighted by atomic mass is 79.9. The van der Waals surface area contributed by atoms with E-state index in [9.17, 15) is 4.39 Å². The molecule has 90 valence electrons. The number of aliphatic hydroxyl groups excluding tert-OH is 1. The monoisotopic (exact) mass is 298 g/mol. The zero-order valence-electron chi connectivity index (χ0n) is 9.08. The Hall–Kier alpha value is -1.20. The lowest BCUT2D eigenvalue weighted by molar-refractivity contribution is 0.292. The van der Waals surface area contributed by atoms with Gasteiger partial charge in [-0.2, -0.15) is 0 Å². The lowest BCUT2D eigenvalue weighted by Gasteiger charge is -2.06. The van der Waals surface area contributed by atoms with Crippen molar-refractivity contribution in [3.8, 4) is 0 Å². The maximum absolute atomic E-state index is 13.3. The highest BCUT2D eigenvalue weighted by Gasteiger charge is 2.03. The summed E-state index contributed by atoms with van der Waals surface area (Å²) in [4.78, 5) is 4.30. The minimum atomic E-state index is -0.322. The molecule has 0 fully saturated rings. The van der Waals surface area contributed by atoms with E-state index in [1.54, 1.807) is 6.07 Å². The summed E-state index contributed by atoms with van der Waals surface area (Å²) in [5.74, 6) is 0.366. The molecule has 0 bridgehead atoms. The summed E-state index contributed by atoms with van der Waals surface area (Å²) in [7, 11) is 0. The molecule has 0 spiro atoms. The topological polar surface area (TPSA) is 45.1 Å². The Kier molecular flexibility index (Phi) is 3.91. The fourth-order valence-electron chi connectivity index (χ4n) is 1.51. The van der Waals surface area contributed by atoms with E-state index in [-0.39, 0.29) is 12.4 Å². The van der Waals surface area contributed by atoms with Crippen LogP contribution in [0.25, 0.3) is 10.9 Å². The summed E-state index contributed by atoms with van der Waals surface area (Å²) in [5.41, 5.74) is 0.611. The van der Waals surface area contributed by atoms with E-state index in [1.165, 1.54) is 6.07 Å². The lowest BCUT2D eigenvalue weighted by Crippen LogP contribution is -2.04. The summed E-state index contributed by atoms with van der Waals surface area (Å²) in [6.07, 6.45) is 0.661. The average molecular weight is 299 g/mol. The molecular weight excluding hydrogens is 287 g/mol. The largest absolute Gasteiger partial charge is 0.396 e. The molecule has 0 atom stereocenters. The van der Waals surface area contributed by atoms with Gasteiger partial charge in [0, 0.05) is 24.6 Å². The van der Waals surface area contributed by atoms with Gasteiger partial charge in [-0.25, -0.2) is 9.37 Å². The predicted molar refractivity (Wildman–Crippen MR) is 69.6 cm³/mol. The minimum absolute atomic E-state index is 0.141. The van der Waals surface area contributed by atoms with Crippen molar-refractivity contribution < 1.29 is 9.50 Å². The molecule has 0 radical (unpaired) electrons. The van der Waals surface area contributed by atoms with E-state index in [0.717, 1.165) is 5.39 Å². The summed E-state index contributed by atoms with van der Waals surface area (Å²) in [5, 5.41) is 12.6. The van der Waals surface area contributed by atoms with E-state index in [2.05, 4.69) is 26.2 Å². The Bertz CT molecular complexity index is 533. The first kappa shape index (κ1) is 12.3. The molecule has 0 unspecified atom stereocenters.